The van der Waals surface area contributed by atoms with Crippen LogP contribution < -0.4 is 16.2 Å². The molecule has 142 valence electrons. The van der Waals surface area contributed by atoms with E-state index >= 15 is 0 Å². The van der Waals surface area contributed by atoms with Gasteiger partial charge in [-0.3, -0.25) is 4.79 Å². The van der Waals surface area contributed by atoms with Crippen molar-refractivity contribution < 1.29 is 9.53 Å². The van der Waals surface area contributed by atoms with Gasteiger partial charge in [-0.15, -0.1) is 0 Å². The second-order valence-corrected chi connectivity index (χ2v) is 6.42. The fourth-order valence-corrected chi connectivity index (χ4v) is 2.67. The number of hydrogen-bond acceptors (Lipinski definition) is 6. The second-order valence-electron chi connectivity index (χ2n) is 6.42. The molecule has 0 amide bonds. The summed E-state index contributed by atoms with van der Waals surface area (Å²) in [6.45, 7) is 2.35. The van der Waals surface area contributed by atoms with Crippen molar-refractivity contribution in [3.63, 3.8) is 0 Å². The maximum Gasteiger partial charge on any atom is 0.213 e. The minimum atomic E-state index is -0.251. The minimum Gasteiger partial charge on any atom is -0.473 e. The third-order valence-electron chi connectivity index (χ3n) is 4.10. The Kier molecular flexibility index (Phi) is 6.01. The number of allylic oxidation sites excluding steroid dienone is 2. The van der Waals surface area contributed by atoms with E-state index in [1.807, 2.05) is 49.4 Å². The summed E-state index contributed by atoms with van der Waals surface area (Å²) < 4.78 is 5.70. The highest BCUT2D eigenvalue weighted by atomic mass is 16.5. The average molecular weight is 374 g/mol. The van der Waals surface area contributed by atoms with Crippen LogP contribution in [0.15, 0.2) is 72.6 Å². The number of benzene rings is 1. The molecule has 0 saturated carbocycles. The topological polar surface area (TPSA) is 104 Å². The van der Waals surface area contributed by atoms with Crippen molar-refractivity contribution in [2.75, 3.05) is 5.73 Å². The first-order valence-corrected chi connectivity index (χ1v) is 8.86. The standard InChI is InChI=1S/C22H22N4O2/c1-15-4-2-6-21(26-15)28-14-17-9-7-16(8-10-17)12-18(23)13-20(27)19-5-3-11-25-22(19)24/h2-11,13H,12,14,23H2,1H3,(H2,24,25)/b18-13-. The zero-order chi connectivity index (χ0) is 19.9. The van der Waals surface area contributed by atoms with Crippen LogP contribution in [-0.2, 0) is 13.0 Å². The largest absolute Gasteiger partial charge is 0.473 e. The van der Waals surface area contributed by atoms with E-state index in [2.05, 4.69) is 9.97 Å². The summed E-state index contributed by atoms with van der Waals surface area (Å²) in [5, 5.41) is 0. The Balaban J connectivity index is 1.59. The maximum atomic E-state index is 12.3. The maximum absolute atomic E-state index is 12.3. The van der Waals surface area contributed by atoms with Crippen molar-refractivity contribution >= 4 is 11.6 Å². The van der Waals surface area contributed by atoms with Gasteiger partial charge < -0.3 is 16.2 Å². The molecule has 6 heteroatoms. The predicted octanol–water partition coefficient (Wildman–Crippen LogP) is 3.21. The first-order chi connectivity index (χ1) is 13.5. The number of rotatable bonds is 7. The second kappa shape index (κ2) is 8.81. The van der Waals surface area contributed by atoms with Gasteiger partial charge in [-0.25, -0.2) is 9.97 Å². The Morgan fingerprint density at radius 3 is 2.54 bits per heavy atom. The number of aryl methyl sites for hydroxylation is 1. The fourth-order valence-electron chi connectivity index (χ4n) is 2.67. The summed E-state index contributed by atoms with van der Waals surface area (Å²) in [7, 11) is 0. The molecule has 0 fully saturated rings. The monoisotopic (exact) mass is 374 g/mol. The van der Waals surface area contributed by atoms with E-state index in [1.54, 1.807) is 18.3 Å². The van der Waals surface area contributed by atoms with Crippen molar-refractivity contribution in [3.05, 3.63) is 95.0 Å². The van der Waals surface area contributed by atoms with Gasteiger partial charge in [0.05, 0.1) is 5.56 Å². The van der Waals surface area contributed by atoms with Crippen LogP contribution in [0.2, 0.25) is 0 Å². The number of ketones is 1. The van der Waals surface area contributed by atoms with Gasteiger partial charge in [-0.05, 0) is 36.2 Å². The molecule has 0 aliphatic rings. The molecule has 3 aromatic rings. The van der Waals surface area contributed by atoms with Crippen molar-refractivity contribution in [2.45, 2.75) is 20.0 Å². The molecule has 0 bridgehead atoms. The number of pyridine rings is 2. The number of anilines is 1. The Morgan fingerprint density at radius 1 is 1.07 bits per heavy atom. The minimum absolute atomic E-state index is 0.198. The molecule has 0 radical (unpaired) electrons. The van der Waals surface area contributed by atoms with Crippen molar-refractivity contribution in [3.8, 4) is 5.88 Å². The highest BCUT2D eigenvalue weighted by molar-refractivity contribution is 6.07. The van der Waals surface area contributed by atoms with Crippen LogP contribution in [0.25, 0.3) is 0 Å². The van der Waals surface area contributed by atoms with Gasteiger partial charge in [0.2, 0.25) is 5.88 Å². The molecule has 6 nitrogen and oxygen atoms in total. The Bertz CT molecular complexity index is 997. The number of aromatic nitrogens is 2. The normalized spacial score (nSPS) is 11.2. The number of carbonyl (C=O) groups excluding carboxylic acids is 1. The summed E-state index contributed by atoms with van der Waals surface area (Å²) in [4.78, 5) is 20.5. The van der Waals surface area contributed by atoms with E-state index in [1.165, 1.54) is 6.08 Å². The quantitative estimate of drug-likeness (QED) is 0.486. The van der Waals surface area contributed by atoms with Gasteiger partial charge >= 0.3 is 0 Å². The summed E-state index contributed by atoms with van der Waals surface area (Å²) in [6.07, 6.45) is 3.40. The molecule has 3 rings (SSSR count). The van der Waals surface area contributed by atoms with Crippen LogP contribution >= 0.6 is 0 Å². The van der Waals surface area contributed by atoms with Gasteiger partial charge in [0.25, 0.3) is 0 Å². The highest BCUT2D eigenvalue weighted by Gasteiger charge is 2.08. The van der Waals surface area contributed by atoms with Crippen LogP contribution in [0.1, 0.15) is 27.2 Å². The van der Waals surface area contributed by atoms with Gasteiger partial charge in [0.15, 0.2) is 5.78 Å². The molecular formula is C22H22N4O2. The average Bonchev–Trinajstić information content (AvgIpc) is 2.68. The highest BCUT2D eigenvalue weighted by Crippen LogP contribution is 2.13. The van der Waals surface area contributed by atoms with Crippen molar-refractivity contribution in [2.24, 2.45) is 5.73 Å². The van der Waals surface area contributed by atoms with Gasteiger partial charge in [0, 0.05) is 36.2 Å². The SMILES string of the molecule is Cc1cccc(OCc2ccc(C/C(N)=C/C(=O)c3cccnc3N)cc2)n1. The third kappa shape index (κ3) is 5.17. The molecule has 0 unspecified atom stereocenters. The zero-order valence-corrected chi connectivity index (χ0v) is 15.6. The molecule has 2 heterocycles. The van der Waals surface area contributed by atoms with Crippen LogP contribution in [0.5, 0.6) is 5.88 Å². The summed E-state index contributed by atoms with van der Waals surface area (Å²) in [5.41, 5.74) is 15.5. The molecule has 0 aliphatic heterocycles. The van der Waals surface area contributed by atoms with Crippen LogP contribution in [0, 0.1) is 6.92 Å². The van der Waals surface area contributed by atoms with Gasteiger partial charge in [0.1, 0.15) is 12.4 Å². The van der Waals surface area contributed by atoms with E-state index in [0.29, 0.717) is 30.2 Å². The molecule has 1 aromatic carbocycles. The van der Waals surface area contributed by atoms with Crippen molar-refractivity contribution in [1.82, 2.24) is 9.97 Å². The van der Waals surface area contributed by atoms with Crippen LogP contribution in [0.3, 0.4) is 0 Å². The van der Waals surface area contributed by atoms with E-state index in [0.717, 1.165) is 16.8 Å². The lowest BCUT2D eigenvalue weighted by Crippen LogP contribution is -2.08. The molecule has 0 atom stereocenters. The zero-order valence-electron chi connectivity index (χ0n) is 15.6. The molecule has 4 N–H and O–H groups in total. The Labute approximate surface area is 163 Å². The number of nitrogen functional groups attached to an aromatic ring is 1. The lowest BCUT2D eigenvalue weighted by atomic mass is 10.1. The first-order valence-electron chi connectivity index (χ1n) is 8.86. The van der Waals surface area contributed by atoms with E-state index in [4.69, 9.17) is 16.2 Å². The molecule has 28 heavy (non-hydrogen) atoms. The summed E-state index contributed by atoms with van der Waals surface area (Å²) in [5.74, 6) is 0.548. The first kappa shape index (κ1) is 19.1. The fraction of sp³-hybridized carbons (Fsp3) is 0.136. The van der Waals surface area contributed by atoms with Gasteiger partial charge in [-0.1, -0.05) is 30.3 Å². The smallest absolute Gasteiger partial charge is 0.213 e. The molecular weight excluding hydrogens is 352 g/mol. The third-order valence-corrected chi connectivity index (χ3v) is 4.10. The Hall–Kier alpha value is -3.67. The number of hydrogen-bond donors (Lipinski definition) is 2. The van der Waals surface area contributed by atoms with Crippen molar-refractivity contribution in [1.29, 1.82) is 0 Å². The number of carbonyl (C=O) groups is 1. The number of nitrogens with two attached hydrogens (primary N) is 2. The predicted molar refractivity (Wildman–Crippen MR) is 109 cm³/mol. The van der Waals surface area contributed by atoms with Crippen LogP contribution in [0.4, 0.5) is 5.82 Å². The lowest BCUT2D eigenvalue weighted by Gasteiger charge is -2.07. The van der Waals surface area contributed by atoms with E-state index in [-0.39, 0.29) is 11.6 Å². The molecule has 0 spiro atoms. The van der Waals surface area contributed by atoms with Crippen LogP contribution in [-0.4, -0.2) is 15.8 Å². The van der Waals surface area contributed by atoms with Gasteiger partial charge in [-0.2, -0.15) is 0 Å². The summed E-state index contributed by atoms with van der Waals surface area (Å²) in [6, 6.07) is 16.8. The lowest BCUT2D eigenvalue weighted by molar-refractivity contribution is 0.104. The molecule has 0 saturated heterocycles. The number of ether oxygens (including phenoxy) is 1. The number of nitrogens with zero attached hydrogens (tertiary/aromatic N) is 2. The molecule has 0 aliphatic carbocycles. The van der Waals surface area contributed by atoms with E-state index < -0.39 is 0 Å². The summed E-state index contributed by atoms with van der Waals surface area (Å²) >= 11 is 0. The Morgan fingerprint density at radius 2 is 1.82 bits per heavy atom. The van der Waals surface area contributed by atoms with E-state index in [9.17, 15) is 4.79 Å². The molecule has 2 aromatic heterocycles.